The highest BCUT2D eigenvalue weighted by atomic mass is 16.5. The van der Waals surface area contributed by atoms with Crippen molar-refractivity contribution in [3.8, 4) is 0 Å². The van der Waals surface area contributed by atoms with Crippen molar-refractivity contribution >= 4 is 0 Å². The van der Waals surface area contributed by atoms with E-state index in [9.17, 15) is 0 Å². The molecule has 88 valence electrons. The van der Waals surface area contributed by atoms with Crippen LogP contribution in [-0.4, -0.2) is 24.8 Å². The van der Waals surface area contributed by atoms with Crippen LogP contribution < -0.4 is 5.32 Å². The third kappa shape index (κ3) is 2.94. The average molecular weight is 211 g/mol. The molecular weight excluding hydrogens is 186 g/mol. The molecule has 1 aliphatic heterocycles. The highest BCUT2D eigenvalue weighted by Crippen LogP contribution is 2.41. The van der Waals surface area contributed by atoms with E-state index in [-0.39, 0.29) is 0 Å². The first-order valence-electron chi connectivity index (χ1n) is 6.73. The van der Waals surface area contributed by atoms with Gasteiger partial charge in [0.2, 0.25) is 0 Å². The number of ether oxygens (including phenoxy) is 1. The van der Waals surface area contributed by atoms with Crippen molar-refractivity contribution in [2.45, 2.75) is 70.0 Å². The number of rotatable bonds is 4. The van der Waals surface area contributed by atoms with Gasteiger partial charge in [0.25, 0.3) is 0 Å². The van der Waals surface area contributed by atoms with E-state index in [0.717, 1.165) is 13.1 Å². The molecule has 0 bridgehead atoms. The van der Waals surface area contributed by atoms with E-state index in [1.54, 1.807) is 0 Å². The Morgan fingerprint density at radius 3 is 2.73 bits per heavy atom. The Bertz CT molecular complexity index is 185. The molecule has 1 aliphatic carbocycles. The van der Waals surface area contributed by atoms with E-state index in [2.05, 4.69) is 12.2 Å². The molecule has 0 amide bonds. The monoisotopic (exact) mass is 211 g/mol. The minimum atomic E-state index is 0.302. The molecule has 1 unspecified atom stereocenters. The Morgan fingerprint density at radius 2 is 2.00 bits per heavy atom. The predicted molar refractivity (Wildman–Crippen MR) is 63.1 cm³/mol. The molecule has 2 rings (SSSR count). The first-order valence-corrected chi connectivity index (χ1v) is 6.73. The molecular formula is C13H25NO. The fourth-order valence-corrected chi connectivity index (χ4v) is 3.04. The van der Waals surface area contributed by atoms with Crippen molar-refractivity contribution in [1.29, 1.82) is 0 Å². The van der Waals surface area contributed by atoms with E-state index in [1.165, 1.54) is 51.4 Å². The van der Waals surface area contributed by atoms with Crippen LogP contribution in [0.25, 0.3) is 0 Å². The molecule has 0 aromatic heterocycles. The van der Waals surface area contributed by atoms with E-state index < -0.39 is 0 Å². The van der Waals surface area contributed by atoms with Crippen molar-refractivity contribution in [2.75, 3.05) is 13.1 Å². The van der Waals surface area contributed by atoms with Gasteiger partial charge in [-0.3, -0.25) is 0 Å². The quantitative estimate of drug-likeness (QED) is 0.722. The van der Waals surface area contributed by atoms with Gasteiger partial charge in [-0.05, 0) is 38.6 Å². The maximum Gasteiger partial charge on any atom is 0.0708 e. The summed E-state index contributed by atoms with van der Waals surface area (Å²) < 4.78 is 6.27. The standard InChI is InChI=1S/C13H25NO/c1-2-10-14-11-12-6-9-13(15-12)7-4-3-5-8-13/h12,14H,2-11H2,1H3. The first kappa shape index (κ1) is 11.4. The Balaban J connectivity index is 1.73. The van der Waals surface area contributed by atoms with Crippen LogP contribution in [-0.2, 0) is 4.74 Å². The smallest absolute Gasteiger partial charge is 0.0708 e. The van der Waals surface area contributed by atoms with Crippen LogP contribution in [0.4, 0.5) is 0 Å². The third-order valence-electron chi connectivity index (χ3n) is 3.90. The molecule has 2 nitrogen and oxygen atoms in total. The highest BCUT2D eigenvalue weighted by molar-refractivity contribution is 4.91. The Hall–Kier alpha value is -0.0800. The van der Waals surface area contributed by atoms with Gasteiger partial charge in [-0.15, -0.1) is 0 Å². The number of hydrogen-bond donors (Lipinski definition) is 1. The van der Waals surface area contributed by atoms with Gasteiger partial charge in [-0.25, -0.2) is 0 Å². The normalized spacial score (nSPS) is 29.8. The molecule has 1 saturated heterocycles. The maximum atomic E-state index is 6.27. The summed E-state index contributed by atoms with van der Waals surface area (Å²) in [7, 11) is 0. The van der Waals surface area contributed by atoms with Crippen molar-refractivity contribution < 1.29 is 4.74 Å². The van der Waals surface area contributed by atoms with Gasteiger partial charge in [-0.1, -0.05) is 26.2 Å². The minimum Gasteiger partial charge on any atom is -0.370 e. The largest absolute Gasteiger partial charge is 0.370 e. The van der Waals surface area contributed by atoms with Crippen LogP contribution in [0.15, 0.2) is 0 Å². The van der Waals surface area contributed by atoms with Crippen molar-refractivity contribution in [3.63, 3.8) is 0 Å². The second kappa shape index (κ2) is 5.31. The molecule has 0 aromatic rings. The summed E-state index contributed by atoms with van der Waals surface area (Å²) in [4.78, 5) is 0. The fraction of sp³-hybridized carbons (Fsp3) is 1.00. The van der Waals surface area contributed by atoms with Crippen molar-refractivity contribution in [1.82, 2.24) is 5.32 Å². The van der Waals surface area contributed by atoms with Gasteiger partial charge in [-0.2, -0.15) is 0 Å². The SMILES string of the molecule is CCCNCC1CCC2(CCCCC2)O1. The Labute approximate surface area is 93.8 Å². The van der Waals surface area contributed by atoms with Crippen molar-refractivity contribution in [3.05, 3.63) is 0 Å². The summed E-state index contributed by atoms with van der Waals surface area (Å²) in [5.41, 5.74) is 0.302. The zero-order valence-electron chi connectivity index (χ0n) is 10.1. The molecule has 2 heteroatoms. The van der Waals surface area contributed by atoms with Gasteiger partial charge < -0.3 is 10.1 Å². The van der Waals surface area contributed by atoms with E-state index in [4.69, 9.17) is 4.74 Å². The van der Waals surface area contributed by atoms with Crippen LogP contribution in [0.2, 0.25) is 0 Å². The molecule has 1 saturated carbocycles. The Kier molecular flexibility index (Phi) is 4.04. The predicted octanol–water partition coefficient (Wildman–Crippen LogP) is 2.87. The molecule has 15 heavy (non-hydrogen) atoms. The molecule has 1 atom stereocenters. The molecule has 2 fully saturated rings. The van der Waals surface area contributed by atoms with Crippen LogP contribution in [0, 0.1) is 0 Å². The Morgan fingerprint density at radius 1 is 1.20 bits per heavy atom. The average Bonchev–Trinajstić information content (AvgIpc) is 2.63. The summed E-state index contributed by atoms with van der Waals surface area (Å²) in [5.74, 6) is 0. The summed E-state index contributed by atoms with van der Waals surface area (Å²) in [5, 5.41) is 3.47. The van der Waals surface area contributed by atoms with Crippen LogP contribution >= 0.6 is 0 Å². The molecule has 1 spiro atoms. The van der Waals surface area contributed by atoms with Gasteiger partial charge in [0.05, 0.1) is 11.7 Å². The highest BCUT2D eigenvalue weighted by Gasteiger charge is 2.40. The number of nitrogens with one attached hydrogen (secondary N) is 1. The maximum absolute atomic E-state index is 6.27. The third-order valence-corrected chi connectivity index (χ3v) is 3.90. The fourth-order valence-electron chi connectivity index (χ4n) is 3.04. The second-order valence-electron chi connectivity index (χ2n) is 5.23. The van der Waals surface area contributed by atoms with Crippen molar-refractivity contribution in [2.24, 2.45) is 0 Å². The second-order valence-corrected chi connectivity index (χ2v) is 5.23. The summed E-state index contributed by atoms with van der Waals surface area (Å²) in [6, 6.07) is 0. The summed E-state index contributed by atoms with van der Waals surface area (Å²) >= 11 is 0. The van der Waals surface area contributed by atoms with Gasteiger partial charge in [0.15, 0.2) is 0 Å². The lowest BCUT2D eigenvalue weighted by atomic mass is 9.83. The molecule has 1 heterocycles. The van der Waals surface area contributed by atoms with Gasteiger partial charge >= 0.3 is 0 Å². The van der Waals surface area contributed by atoms with Crippen LogP contribution in [0.5, 0.6) is 0 Å². The van der Waals surface area contributed by atoms with Crippen LogP contribution in [0.1, 0.15) is 58.3 Å². The lowest BCUT2D eigenvalue weighted by Gasteiger charge is -2.33. The summed E-state index contributed by atoms with van der Waals surface area (Å²) in [6.07, 6.45) is 11.1. The zero-order chi connectivity index (χ0) is 10.6. The molecule has 1 N–H and O–H groups in total. The molecule has 0 aromatic carbocycles. The van der Waals surface area contributed by atoms with Gasteiger partial charge in [0, 0.05) is 6.54 Å². The van der Waals surface area contributed by atoms with Gasteiger partial charge in [0.1, 0.15) is 0 Å². The lowest BCUT2D eigenvalue weighted by molar-refractivity contribution is -0.0622. The zero-order valence-corrected chi connectivity index (χ0v) is 10.1. The lowest BCUT2D eigenvalue weighted by Crippen LogP contribution is -2.34. The topological polar surface area (TPSA) is 21.3 Å². The van der Waals surface area contributed by atoms with E-state index >= 15 is 0 Å². The molecule has 2 aliphatic rings. The first-order chi connectivity index (χ1) is 7.35. The minimum absolute atomic E-state index is 0.302. The van der Waals surface area contributed by atoms with E-state index in [1.807, 2.05) is 0 Å². The van der Waals surface area contributed by atoms with E-state index in [0.29, 0.717) is 11.7 Å². The van der Waals surface area contributed by atoms with Crippen LogP contribution in [0.3, 0.4) is 0 Å². The summed E-state index contributed by atoms with van der Waals surface area (Å²) in [6.45, 7) is 4.41. The number of hydrogen-bond acceptors (Lipinski definition) is 2. The molecule has 0 radical (unpaired) electrons.